The molecule has 1 atom stereocenters. The molecule has 0 bridgehead atoms. The lowest BCUT2D eigenvalue weighted by Crippen LogP contribution is -2.07. The number of hydrogen-bond acceptors (Lipinski definition) is 3. The number of rotatable bonds is 3. The smallest absolute Gasteiger partial charge is 0.152 e. The summed E-state index contributed by atoms with van der Waals surface area (Å²) in [6.07, 6.45) is 3.47. The molecular formula is C13H17NO2S. The molecule has 4 heteroatoms. The van der Waals surface area contributed by atoms with Gasteiger partial charge in [-0.2, -0.15) is 0 Å². The van der Waals surface area contributed by atoms with E-state index < -0.39 is 9.84 Å². The van der Waals surface area contributed by atoms with Crippen LogP contribution in [0.5, 0.6) is 0 Å². The predicted molar refractivity (Wildman–Crippen MR) is 70.5 cm³/mol. The summed E-state index contributed by atoms with van der Waals surface area (Å²) in [5, 5.41) is 0. The van der Waals surface area contributed by atoms with E-state index in [0.29, 0.717) is 6.42 Å². The topological polar surface area (TPSA) is 46.5 Å². The SMILES string of the molecule is CCc1ccc(C=N[C@@H]2CCS(=O)(=O)C2)cc1. The lowest BCUT2D eigenvalue weighted by molar-refractivity contribution is 0.601. The summed E-state index contributed by atoms with van der Waals surface area (Å²) >= 11 is 0. The third-order valence-electron chi connectivity index (χ3n) is 3.03. The Balaban J connectivity index is 2.01. The van der Waals surface area contributed by atoms with Gasteiger partial charge in [-0.05, 0) is 24.0 Å². The van der Waals surface area contributed by atoms with Crippen LogP contribution in [0.1, 0.15) is 24.5 Å². The molecule has 0 aromatic heterocycles. The zero-order chi connectivity index (χ0) is 12.3. The van der Waals surface area contributed by atoms with Crippen molar-refractivity contribution in [1.82, 2.24) is 0 Å². The minimum atomic E-state index is -2.82. The van der Waals surface area contributed by atoms with Crippen molar-refractivity contribution in [3.8, 4) is 0 Å². The Morgan fingerprint density at radius 2 is 2.06 bits per heavy atom. The lowest BCUT2D eigenvalue weighted by Gasteiger charge is -2.00. The van der Waals surface area contributed by atoms with Crippen LogP contribution in [0.3, 0.4) is 0 Å². The summed E-state index contributed by atoms with van der Waals surface area (Å²) in [4.78, 5) is 4.34. The molecule has 17 heavy (non-hydrogen) atoms. The number of aryl methyl sites for hydroxylation is 1. The van der Waals surface area contributed by atoms with E-state index >= 15 is 0 Å². The van der Waals surface area contributed by atoms with Gasteiger partial charge in [0, 0.05) is 6.21 Å². The quantitative estimate of drug-likeness (QED) is 0.770. The number of benzene rings is 1. The van der Waals surface area contributed by atoms with E-state index in [2.05, 4.69) is 24.0 Å². The Bertz CT molecular complexity index is 503. The van der Waals surface area contributed by atoms with Crippen LogP contribution in [0.2, 0.25) is 0 Å². The molecule has 0 amide bonds. The van der Waals surface area contributed by atoms with Crippen molar-refractivity contribution in [3.63, 3.8) is 0 Å². The van der Waals surface area contributed by atoms with Crippen LogP contribution >= 0.6 is 0 Å². The molecule has 0 radical (unpaired) electrons. The summed E-state index contributed by atoms with van der Waals surface area (Å²) in [5.74, 6) is 0.486. The Kier molecular flexibility index (Phi) is 3.62. The van der Waals surface area contributed by atoms with Crippen LogP contribution in [0, 0.1) is 0 Å². The van der Waals surface area contributed by atoms with E-state index in [-0.39, 0.29) is 17.5 Å². The van der Waals surface area contributed by atoms with E-state index in [1.54, 1.807) is 6.21 Å². The van der Waals surface area contributed by atoms with E-state index in [1.807, 2.05) is 12.1 Å². The molecule has 1 aliphatic rings. The minimum Gasteiger partial charge on any atom is -0.288 e. The fourth-order valence-corrected chi connectivity index (χ4v) is 3.56. The largest absolute Gasteiger partial charge is 0.288 e. The van der Waals surface area contributed by atoms with Crippen molar-refractivity contribution in [2.24, 2.45) is 4.99 Å². The van der Waals surface area contributed by atoms with E-state index in [1.165, 1.54) is 5.56 Å². The fourth-order valence-electron chi connectivity index (χ4n) is 1.92. The van der Waals surface area contributed by atoms with Gasteiger partial charge in [-0.1, -0.05) is 31.2 Å². The zero-order valence-corrected chi connectivity index (χ0v) is 10.8. The highest BCUT2D eigenvalue weighted by Crippen LogP contribution is 2.14. The first-order valence-corrected chi connectivity index (χ1v) is 7.74. The second kappa shape index (κ2) is 5.00. The Morgan fingerprint density at radius 1 is 1.35 bits per heavy atom. The molecule has 92 valence electrons. The molecule has 3 nitrogen and oxygen atoms in total. The van der Waals surface area contributed by atoms with E-state index in [9.17, 15) is 8.42 Å². The van der Waals surface area contributed by atoms with Crippen LogP contribution in [0.25, 0.3) is 0 Å². The summed E-state index contributed by atoms with van der Waals surface area (Å²) < 4.78 is 22.5. The fraction of sp³-hybridized carbons (Fsp3) is 0.462. The third-order valence-corrected chi connectivity index (χ3v) is 4.78. The highest BCUT2D eigenvalue weighted by atomic mass is 32.2. The standard InChI is InChI=1S/C13H17NO2S/c1-2-11-3-5-12(6-4-11)9-14-13-7-8-17(15,16)10-13/h3-6,9,13H,2,7-8,10H2,1H3/t13-/m1/s1. The van der Waals surface area contributed by atoms with Crippen molar-refractivity contribution in [2.75, 3.05) is 11.5 Å². The average Bonchev–Trinajstić information content (AvgIpc) is 2.67. The Labute approximate surface area is 103 Å². The molecule has 0 aliphatic carbocycles. The van der Waals surface area contributed by atoms with Crippen molar-refractivity contribution < 1.29 is 8.42 Å². The van der Waals surface area contributed by atoms with Crippen LogP contribution in [-0.4, -0.2) is 32.2 Å². The van der Waals surface area contributed by atoms with Gasteiger partial charge in [0.1, 0.15) is 0 Å². The molecule has 0 N–H and O–H groups in total. The van der Waals surface area contributed by atoms with Crippen molar-refractivity contribution in [2.45, 2.75) is 25.8 Å². The molecule has 1 fully saturated rings. The summed E-state index contributed by atoms with van der Waals surface area (Å²) in [6.45, 7) is 2.12. The van der Waals surface area contributed by atoms with Gasteiger partial charge in [0.25, 0.3) is 0 Å². The van der Waals surface area contributed by atoms with Gasteiger partial charge in [-0.15, -0.1) is 0 Å². The molecule has 0 saturated carbocycles. The van der Waals surface area contributed by atoms with E-state index in [4.69, 9.17) is 0 Å². The van der Waals surface area contributed by atoms with Crippen LogP contribution in [-0.2, 0) is 16.3 Å². The summed E-state index contributed by atoms with van der Waals surface area (Å²) in [7, 11) is -2.82. The van der Waals surface area contributed by atoms with Gasteiger partial charge in [0.15, 0.2) is 9.84 Å². The normalized spacial score (nSPS) is 23.2. The van der Waals surface area contributed by atoms with Crippen LogP contribution in [0.15, 0.2) is 29.3 Å². The zero-order valence-electron chi connectivity index (χ0n) is 9.96. The number of aliphatic imine (C=N–C) groups is 1. The molecule has 0 spiro atoms. The minimum absolute atomic E-state index is 0.0501. The molecule has 1 aromatic carbocycles. The van der Waals surface area contributed by atoms with Gasteiger partial charge in [0.2, 0.25) is 0 Å². The second-order valence-corrected chi connectivity index (χ2v) is 6.66. The monoisotopic (exact) mass is 251 g/mol. The molecule has 1 aliphatic heterocycles. The molecule has 1 saturated heterocycles. The number of sulfone groups is 1. The van der Waals surface area contributed by atoms with Crippen molar-refractivity contribution in [1.29, 1.82) is 0 Å². The number of hydrogen-bond donors (Lipinski definition) is 0. The second-order valence-electron chi connectivity index (χ2n) is 4.43. The molecule has 2 rings (SSSR count). The van der Waals surface area contributed by atoms with Crippen molar-refractivity contribution >= 4 is 16.1 Å². The summed E-state index contributed by atoms with van der Waals surface area (Å²) in [6, 6.07) is 8.14. The van der Waals surface area contributed by atoms with E-state index in [0.717, 1.165) is 12.0 Å². The van der Waals surface area contributed by atoms with Gasteiger partial charge in [-0.25, -0.2) is 8.42 Å². The van der Waals surface area contributed by atoms with Gasteiger partial charge < -0.3 is 0 Å². The maximum Gasteiger partial charge on any atom is 0.152 e. The Morgan fingerprint density at radius 3 is 2.59 bits per heavy atom. The van der Waals surface area contributed by atoms with Crippen LogP contribution in [0.4, 0.5) is 0 Å². The van der Waals surface area contributed by atoms with Crippen LogP contribution < -0.4 is 0 Å². The first-order chi connectivity index (χ1) is 8.09. The average molecular weight is 251 g/mol. The molecule has 0 unspecified atom stereocenters. The maximum absolute atomic E-state index is 11.3. The summed E-state index contributed by atoms with van der Waals surface area (Å²) in [5.41, 5.74) is 2.33. The Hall–Kier alpha value is -1.16. The third kappa shape index (κ3) is 3.40. The van der Waals surface area contributed by atoms with Gasteiger partial charge >= 0.3 is 0 Å². The highest BCUT2D eigenvalue weighted by molar-refractivity contribution is 7.91. The first kappa shape index (κ1) is 12.3. The van der Waals surface area contributed by atoms with Gasteiger partial charge in [0.05, 0.1) is 17.5 Å². The molecule has 1 heterocycles. The number of nitrogens with zero attached hydrogens (tertiary/aromatic N) is 1. The van der Waals surface area contributed by atoms with Crippen molar-refractivity contribution in [3.05, 3.63) is 35.4 Å². The molecule has 1 aromatic rings. The maximum atomic E-state index is 11.3. The lowest BCUT2D eigenvalue weighted by atomic mass is 10.1. The highest BCUT2D eigenvalue weighted by Gasteiger charge is 2.26. The van der Waals surface area contributed by atoms with Gasteiger partial charge in [-0.3, -0.25) is 4.99 Å². The first-order valence-electron chi connectivity index (χ1n) is 5.91. The predicted octanol–water partition coefficient (Wildman–Crippen LogP) is 1.85. The molecular weight excluding hydrogens is 234 g/mol.